The number of ketones is 1. The Labute approximate surface area is 241 Å². The first-order chi connectivity index (χ1) is 19.3. The number of benzene rings is 2. The summed E-state index contributed by atoms with van der Waals surface area (Å²) in [5.41, 5.74) is 3.08. The summed E-state index contributed by atoms with van der Waals surface area (Å²) in [7, 11) is 1.61. The highest BCUT2D eigenvalue weighted by molar-refractivity contribution is 7.99. The van der Waals surface area contributed by atoms with Gasteiger partial charge in [0, 0.05) is 39.7 Å². The van der Waals surface area contributed by atoms with Crippen LogP contribution in [0, 0.1) is 0 Å². The lowest BCUT2D eigenvalue weighted by Crippen LogP contribution is -2.37. The number of carbonyl (C=O) groups excluding carboxylic acids is 2. The van der Waals surface area contributed by atoms with Crippen molar-refractivity contribution in [1.82, 2.24) is 5.32 Å². The molecule has 2 aliphatic rings. The van der Waals surface area contributed by atoms with Gasteiger partial charge in [-0.25, -0.2) is 4.79 Å². The van der Waals surface area contributed by atoms with Gasteiger partial charge in [-0.05, 0) is 60.9 Å². The molecule has 208 valence electrons. The largest absolute Gasteiger partial charge is 0.497 e. The van der Waals surface area contributed by atoms with Gasteiger partial charge in [0.15, 0.2) is 11.2 Å². The first-order valence-electron chi connectivity index (χ1n) is 13.2. The van der Waals surface area contributed by atoms with Crippen LogP contribution in [-0.2, 0) is 14.3 Å². The van der Waals surface area contributed by atoms with Gasteiger partial charge in [-0.3, -0.25) is 9.59 Å². The fraction of sp³-hybridized carbons (Fsp3) is 0.323. The highest BCUT2D eigenvalue weighted by atomic mass is 35.5. The van der Waals surface area contributed by atoms with Crippen molar-refractivity contribution in [3.8, 4) is 5.75 Å². The van der Waals surface area contributed by atoms with Crippen molar-refractivity contribution in [2.75, 3.05) is 25.2 Å². The van der Waals surface area contributed by atoms with E-state index in [0.29, 0.717) is 45.5 Å². The van der Waals surface area contributed by atoms with Crippen molar-refractivity contribution in [3.05, 3.63) is 97.6 Å². The summed E-state index contributed by atoms with van der Waals surface area (Å²) in [6, 6.07) is 12.5. The maximum absolute atomic E-state index is 13.9. The lowest BCUT2D eigenvalue weighted by atomic mass is 9.72. The third-order valence-corrected chi connectivity index (χ3v) is 8.45. The number of methoxy groups -OCH3 is 1. The van der Waals surface area contributed by atoms with E-state index >= 15 is 0 Å². The Morgan fingerprint density at radius 2 is 2.00 bits per heavy atom. The molecule has 5 rings (SSSR count). The van der Waals surface area contributed by atoms with E-state index in [1.165, 1.54) is 6.26 Å². The maximum atomic E-state index is 13.9. The van der Waals surface area contributed by atoms with Crippen molar-refractivity contribution < 1.29 is 23.5 Å². The molecule has 1 aromatic heterocycles. The average molecular weight is 580 g/mol. The topological polar surface area (TPSA) is 94.8 Å². The number of Topliss-reactive ketones (excluding diaryl/α,β-unsaturated/α-hetero) is 1. The first-order valence-corrected chi connectivity index (χ1v) is 14.7. The second-order valence-corrected chi connectivity index (χ2v) is 11.6. The van der Waals surface area contributed by atoms with E-state index in [-0.39, 0.29) is 46.7 Å². The number of carbonyl (C=O) groups is 2. The Morgan fingerprint density at radius 3 is 2.77 bits per heavy atom. The van der Waals surface area contributed by atoms with E-state index in [4.69, 9.17) is 25.5 Å². The number of hydrogen-bond acceptors (Lipinski definition) is 8. The lowest BCUT2D eigenvalue weighted by Gasteiger charge is -2.36. The zero-order valence-corrected chi connectivity index (χ0v) is 24.1. The predicted octanol–water partition coefficient (Wildman–Crippen LogP) is 6.11. The van der Waals surface area contributed by atoms with Gasteiger partial charge in [0.05, 0.1) is 30.3 Å². The zero-order chi connectivity index (χ0) is 28.4. The van der Waals surface area contributed by atoms with Gasteiger partial charge in [-0.1, -0.05) is 30.7 Å². The van der Waals surface area contributed by atoms with E-state index in [0.717, 1.165) is 11.3 Å². The molecule has 2 unspecified atom stereocenters. The second-order valence-electron chi connectivity index (χ2n) is 9.79. The molecule has 0 spiro atoms. The van der Waals surface area contributed by atoms with Crippen LogP contribution in [0.1, 0.15) is 49.7 Å². The second kappa shape index (κ2) is 11.9. The van der Waals surface area contributed by atoms with Gasteiger partial charge in [0.1, 0.15) is 17.9 Å². The van der Waals surface area contributed by atoms with Crippen LogP contribution in [-0.4, -0.2) is 37.0 Å². The third kappa shape index (κ3) is 5.43. The van der Waals surface area contributed by atoms with Crippen LogP contribution >= 0.6 is 23.4 Å². The molecule has 2 heterocycles. The first kappa shape index (κ1) is 28.1. The molecule has 40 heavy (non-hydrogen) atoms. The number of dihydropyridines is 1. The molecule has 0 amide bonds. The Bertz CT molecular complexity index is 1610. The Hall–Kier alpha value is -3.49. The number of hydrogen-bond donors (Lipinski definition) is 1. The summed E-state index contributed by atoms with van der Waals surface area (Å²) in [5.74, 6) is 0.550. The van der Waals surface area contributed by atoms with Gasteiger partial charge in [-0.15, -0.1) is 0 Å². The van der Waals surface area contributed by atoms with Gasteiger partial charge in [-0.2, -0.15) is 11.8 Å². The molecule has 3 aromatic rings. The number of ether oxygens (including phenoxy) is 2. The summed E-state index contributed by atoms with van der Waals surface area (Å²) in [6.07, 6.45) is 2.11. The Balaban J connectivity index is 1.61. The minimum atomic E-state index is -0.930. The summed E-state index contributed by atoms with van der Waals surface area (Å²) in [4.78, 5) is 41.2. The third-order valence-electron chi connectivity index (χ3n) is 7.35. The highest BCUT2D eigenvalue weighted by Crippen LogP contribution is 2.45. The molecule has 1 aliphatic carbocycles. The molecule has 9 heteroatoms. The fourth-order valence-electron chi connectivity index (χ4n) is 5.48. The molecule has 0 fully saturated rings. The standard InChI is InChI=1S/C31H30ClNO6S/c1-4-40-11-10-38-31(36)27-17(2)33-24-13-19(18-6-5-7-21(12-18)37-3)14-25(34)29(24)28(27)23-16-39-26-9-8-20(32)15-22(26)30(23)35/h5-9,12,15-16,19,28,33H,4,10-11,13-14H2,1-3H3. The molecule has 2 aromatic carbocycles. The number of rotatable bonds is 8. The van der Waals surface area contributed by atoms with Crippen molar-refractivity contribution in [2.24, 2.45) is 0 Å². The maximum Gasteiger partial charge on any atom is 0.336 e. The number of esters is 1. The van der Waals surface area contributed by atoms with Crippen molar-refractivity contribution in [3.63, 3.8) is 0 Å². The molecular formula is C31H30ClNO6S. The number of thioether (sulfide) groups is 1. The minimum absolute atomic E-state index is 0.0892. The van der Waals surface area contributed by atoms with Crippen LogP contribution in [0.4, 0.5) is 0 Å². The van der Waals surface area contributed by atoms with Crippen LogP contribution in [0.2, 0.25) is 5.02 Å². The zero-order valence-electron chi connectivity index (χ0n) is 22.5. The van der Waals surface area contributed by atoms with Crippen molar-refractivity contribution >= 4 is 46.1 Å². The predicted molar refractivity (Wildman–Crippen MR) is 157 cm³/mol. The highest BCUT2D eigenvalue weighted by Gasteiger charge is 2.43. The van der Waals surface area contributed by atoms with E-state index < -0.39 is 11.9 Å². The summed E-state index contributed by atoms with van der Waals surface area (Å²) in [6.45, 7) is 4.03. The van der Waals surface area contributed by atoms with Gasteiger partial charge in [0.2, 0.25) is 0 Å². The van der Waals surface area contributed by atoms with Crippen molar-refractivity contribution in [2.45, 2.75) is 38.5 Å². The summed E-state index contributed by atoms with van der Waals surface area (Å²) >= 11 is 7.86. The molecule has 0 saturated carbocycles. The molecule has 1 N–H and O–H groups in total. The van der Waals surface area contributed by atoms with Crippen molar-refractivity contribution in [1.29, 1.82) is 0 Å². The van der Waals surface area contributed by atoms with Crippen LogP contribution in [0.5, 0.6) is 5.75 Å². The Kier molecular flexibility index (Phi) is 8.38. The molecule has 0 bridgehead atoms. The average Bonchev–Trinajstić information content (AvgIpc) is 2.95. The minimum Gasteiger partial charge on any atom is -0.497 e. The summed E-state index contributed by atoms with van der Waals surface area (Å²) in [5, 5.41) is 3.99. The lowest BCUT2D eigenvalue weighted by molar-refractivity contribution is -0.138. The molecule has 1 aliphatic heterocycles. The fourth-order valence-corrected chi connectivity index (χ4v) is 6.15. The smallest absolute Gasteiger partial charge is 0.336 e. The monoisotopic (exact) mass is 579 g/mol. The molecule has 0 radical (unpaired) electrons. The molecule has 2 atom stereocenters. The quantitative estimate of drug-likeness (QED) is 0.252. The number of allylic oxidation sites excluding steroid dienone is 3. The summed E-state index contributed by atoms with van der Waals surface area (Å²) < 4.78 is 16.8. The molecular weight excluding hydrogens is 550 g/mol. The SMILES string of the molecule is CCSCCOC(=O)C1=C(C)NC2=C(C(=O)CC(c3cccc(OC)c3)C2)C1c1coc2ccc(Cl)cc2c1=O. The van der Waals surface area contributed by atoms with E-state index in [1.807, 2.05) is 31.2 Å². The van der Waals surface area contributed by atoms with E-state index in [1.54, 1.807) is 44.0 Å². The van der Waals surface area contributed by atoms with E-state index in [2.05, 4.69) is 5.32 Å². The number of nitrogens with one attached hydrogen (secondary N) is 1. The number of halogens is 1. The number of fused-ring (bicyclic) bond motifs is 1. The normalized spacial score (nSPS) is 18.9. The van der Waals surface area contributed by atoms with Crippen LogP contribution in [0.15, 0.2) is 80.5 Å². The van der Waals surface area contributed by atoms with Crippen LogP contribution in [0.25, 0.3) is 11.0 Å². The molecule has 0 saturated heterocycles. The van der Waals surface area contributed by atoms with Crippen LogP contribution in [0.3, 0.4) is 0 Å². The molecule has 7 nitrogen and oxygen atoms in total. The van der Waals surface area contributed by atoms with Gasteiger partial charge in [0.25, 0.3) is 0 Å². The van der Waals surface area contributed by atoms with Gasteiger partial charge >= 0.3 is 5.97 Å². The van der Waals surface area contributed by atoms with E-state index in [9.17, 15) is 14.4 Å². The Morgan fingerprint density at radius 1 is 1.18 bits per heavy atom. The van der Waals surface area contributed by atoms with Crippen LogP contribution < -0.4 is 15.5 Å². The van der Waals surface area contributed by atoms with Gasteiger partial charge < -0.3 is 19.2 Å².